The minimum Gasteiger partial charge on any atom is -0.380 e. The highest BCUT2D eigenvalue weighted by atomic mass is 16.5. The monoisotopic (exact) mass is 212 g/mol. The molecular weight excluding hydrogens is 192 g/mol. The lowest BCUT2D eigenvalue weighted by molar-refractivity contribution is 0.132. The maximum absolute atomic E-state index is 5.41. The molecule has 0 radical (unpaired) electrons. The molecule has 0 aliphatic carbocycles. The van der Waals surface area contributed by atoms with Crippen molar-refractivity contribution in [3.05, 3.63) is 17.5 Å². The first-order chi connectivity index (χ1) is 7.33. The minimum absolute atomic E-state index is 0.745. The van der Waals surface area contributed by atoms with Gasteiger partial charge in [-0.3, -0.25) is 0 Å². The van der Waals surface area contributed by atoms with E-state index < -0.39 is 0 Å². The van der Waals surface area contributed by atoms with Gasteiger partial charge in [-0.15, -0.1) is 0 Å². The van der Waals surface area contributed by atoms with Crippen LogP contribution in [0.2, 0.25) is 0 Å². The van der Waals surface area contributed by atoms with Gasteiger partial charge in [-0.05, 0) is 13.3 Å². The Bertz CT molecular complexity index is 261. The standard InChI is InChI=1S/C11H20N2O2/c1-3-4-6-14-7-5-12-9-11-8-10(2)15-13-11/h8,12H,3-7,9H2,1-2H3. The molecule has 1 heterocycles. The van der Waals surface area contributed by atoms with Crippen LogP contribution in [0.1, 0.15) is 31.2 Å². The third kappa shape index (κ3) is 5.54. The zero-order chi connectivity index (χ0) is 10.9. The van der Waals surface area contributed by atoms with E-state index in [1.807, 2.05) is 13.0 Å². The van der Waals surface area contributed by atoms with Gasteiger partial charge in [0.25, 0.3) is 0 Å². The topological polar surface area (TPSA) is 47.3 Å². The number of rotatable bonds is 8. The van der Waals surface area contributed by atoms with Gasteiger partial charge < -0.3 is 14.6 Å². The Morgan fingerprint density at radius 2 is 2.33 bits per heavy atom. The molecular formula is C11H20N2O2. The van der Waals surface area contributed by atoms with Gasteiger partial charge in [0.15, 0.2) is 0 Å². The van der Waals surface area contributed by atoms with Crippen LogP contribution < -0.4 is 5.32 Å². The maximum atomic E-state index is 5.41. The van der Waals surface area contributed by atoms with Gasteiger partial charge in [-0.25, -0.2) is 0 Å². The van der Waals surface area contributed by atoms with E-state index in [1.165, 1.54) is 6.42 Å². The molecule has 0 atom stereocenters. The van der Waals surface area contributed by atoms with Crippen LogP contribution >= 0.6 is 0 Å². The fraction of sp³-hybridized carbons (Fsp3) is 0.727. The van der Waals surface area contributed by atoms with Gasteiger partial charge in [0.1, 0.15) is 5.76 Å². The molecule has 4 nitrogen and oxygen atoms in total. The van der Waals surface area contributed by atoms with Crippen LogP contribution in [0.4, 0.5) is 0 Å². The number of unbranched alkanes of at least 4 members (excludes halogenated alkanes) is 1. The Kier molecular flexibility index (Phi) is 6.04. The van der Waals surface area contributed by atoms with Crippen molar-refractivity contribution in [3.63, 3.8) is 0 Å². The highest BCUT2D eigenvalue weighted by Crippen LogP contribution is 2.00. The molecule has 0 bridgehead atoms. The Labute approximate surface area is 91.0 Å². The molecule has 0 saturated carbocycles. The summed E-state index contributed by atoms with van der Waals surface area (Å²) in [6, 6.07) is 1.94. The molecule has 0 spiro atoms. The van der Waals surface area contributed by atoms with Crippen LogP contribution in [-0.4, -0.2) is 24.9 Å². The summed E-state index contributed by atoms with van der Waals surface area (Å²) in [5.74, 6) is 0.853. The van der Waals surface area contributed by atoms with Crippen LogP contribution in [0.3, 0.4) is 0 Å². The molecule has 4 heteroatoms. The van der Waals surface area contributed by atoms with E-state index >= 15 is 0 Å². The molecule has 0 saturated heterocycles. The zero-order valence-electron chi connectivity index (χ0n) is 9.58. The molecule has 1 aromatic heterocycles. The van der Waals surface area contributed by atoms with Crippen molar-refractivity contribution < 1.29 is 9.26 Å². The SMILES string of the molecule is CCCCOCCNCc1cc(C)on1. The van der Waals surface area contributed by atoms with Crippen molar-refractivity contribution in [3.8, 4) is 0 Å². The molecule has 0 unspecified atom stereocenters. The van der Waals surface area contributed by atoms with E-state index in [-0.39, 0.29) is 0 Å². The van der Waals surface area contributed by atoms with E-state index in [1.54, 1.807) is 0 Å². The second kappa shape index (κ2) is 7.43. The maximum Gasteiger partial charge on any atom is 0.133 e. The largest absolute Gasteiger partial charge is 0.380 e. The van der Waals surface area contributed by atoms with Crippen molar-refractivity contribution in [2.75, 3.05) is 19.8 Å². The van der Waals surface area contributed by atoms with Crippen molar-refractivity contribution >= 4 is 0 Å². The summed E-state index contributed by atoms with van der Waals surface area (Å²) in [5, 5.41) is 7.13. The molecule has 86 valence electrons. The van der Waals surface area contributed by atoms with Crippen LogP contribution in [0, 0.1) is 6.92 Å². The molecule has 1 rings (SSSR count). The molecule has 1 aromatic rings. The summed E-state index contributed by atoms with van der Waals surface area (Å²) < 4.78 is 10.4. The molecule has 0 amide bonds. The van der Waals surface area contributed by atoms with Crippen molar-refractivity contribution in [2.45, 2.75) is 33.2 Å². The molecule has 0 aliphatic heterocycles. The Morgan fingerprint density at radius 1 is 1.47 bits per heavy atom. The molecule has 15 heavy (non-hydrogen) atoms. The number of hydrogen-bond donors (Lipinski definition) is 1. The summed E-state index contributed by atoms with van der Waals surface area (Å²) in [4.78, 5) is 0. The van der Waals surface area contributed by atoms with E-state index in [0.717, 1.165) is 44.2 Å². The van der Waals surface area contributed by atoms with Crippen molar-refractivity contribution in [2.24, 2.45) is 0 Å². The lowest BCUT2D eigenvalue weighted by Crippen LogP contribution is -2.19. The summed E-state index contributed by atoms with van der Waals surface area (Å²) in [6.07, 6.45) is 2.33. The third-order valence-electron chi connectivity index (χ3n) is 2.05. The normalized spacial score (nSPS) is 10.8. The number of aromatic nitrogens is 1. The first-order valence-corrected chi connectivity index (χ1v) is 5.53. The van der Waals surface area contributed by atoms with E-state index in [9.17, 15) is 0 Å². The Hall–Kier alpha value is -0.870. The third-order valence-corrected chi connectivity index (χ3v) is 2.05. The number of nitrogens with one attached hydrogen (secondary N) is 1. The molecule has 0 aromatic carbocycles. The second-order valence-corrected chi connectivity index (χ2v) is 3.57. The number of nitrogens with zero attached hydrogens (tertiary/aromatic N) is 1. The predicted octanol–water partition coefficient (Wildman–Crippen LogP) is 1.89. The molecule has 0 aliphatic rings. The first kappa shape index (κ1) is 12.2. The fourth-order valence-corrected chi connectivity index (χ4v) is 1.21. The Morgan fingerprint density at radius 3 is 3.00 bits per heavy atom. The average Bonchev–Trinajstić information content (AvgIpc) is 2.63. The summed E-state index contributed by atoms with van der Waals surface area (Å²) in [7, 11) is 0. The van der Waals surface area contributed by atoms with Gasteiger partial charge in [0, 0.05) is 25.8 Å². The minimum atomic E-state index is 0.745. The number of hydrogen-bond acceptors (Lipinski definition) is 4. The van der Waals surface area contributed by atoms with E-state index in [2.05, 4.69) is 17.4 Å². The van der Waals surface area contributed by atoms with E-state index in [4.69, 9.17) is 9.26 Å². The fourth-order valence-electron chi connectivity index (χ4n) is 1.21. The molecule has 1 N–H and O–H groups in total. The van der Waals surface area contributed by atoms with Gasteiger partial charge in [0.2, 0.25) is 0 Å². The Balaban J connectivity index is 1.93. The second-order valence-electron chi connectivity index (χ2n) is 3.57. The van der Waals surface area contributed by atoms with Crippen LogP contribution in [0.25, 0.3) is 0 Å². The molecule has 0 fully saturated rings. The van der Waals surface area contributed by atoms with Crippen LogP contribution in [0.15, 0.2) is 10.6 Å². The first-order valence-electron chi connectivity index (χ1n) is 5.53. The quantitative estimate of drug-likeness (QED) is 0.668. The lowest BCUT2D eigenvalue weighted by Gasteiger charge is -2.03. The summed E-state index contributed by atoms with van der Waals surface area (Å²) in [6.45, 7) is 7.28. The van der Waals surface area contributed by atoms with Gasteiger partial charge in [-0.2, -0.15) is 0 Å². The van der Waals surface area contributed by atoms with Crippen molar-refractivity contribution in [1.29, 1.82) is 0 Å². The van der Waals surface area contributed by atoms with Gasteiger partial charge in [0.05, 0.1) is 12.3 Å². The lowest BCUT2D eigenvalue weighted by atomic mass is 10.4. The van der Waals surface area contributed by atoms with Crippen molar-refractivity contribution in [1.82, 2.24) is 10.5 Å². The van der Waals surface area contributed by atoms with Crippen LogP contribution in [0.5, 0.6) is 0 Å². The number of aryl methyl sites for hydroxylation is 1. The average molecular weight is 212 g/mol. The predicted molar refractivity (Wildman–Crippen MR) is 58.7 cm³/mol. The zero-order valence-corrected chi connectivity index (χ0v) is 9.58. The number of ether oxygens (including phenoxy) is 1. The smallest absolute Gasteiger partial charge is 0.133 e. The summed E-state index contributed by atoms with van der Waals surface area (Å²) in [5.41, 5.74) is 0.945. The summed E-state index contributed by atoms with van der Waals surface area (Å²) >= 11 is 0. The van der Waals surface area contributed by atoms with Crippen LogP contribution in [-0.2, 0) is 11.3 Å². The van der Waals surface area contributed by atoms with Gasteiger partial charge in [-0.1, -0.05) is 18.5 Å². The van der Waals surface area contributed by atoms with E-state index in [0.29, 0.717) is 0 Å². The van der Waals surface area contributed by atoms with Gasteiger partial charge >= 0.3 is 0 Å². The highest BCUT2D eigenvalue weighted by molar-refractivity contribution is 5.02. The highest BCUT2D eigenvalue weighted by Gasteiger charge is 1.98.